The Labute approximate surface area is 214 Å². The van der Waals surface area contributed by atoms with E-state index >= 15 is 0 Å². The number of amides is 1. The van der Waals surface area contributed by atoms with Gasteiger partial charge in [-0.15, -0.1) is 0 Å². The minimum atomic E-state index is -3.57. The number of hydrogen-bond donors (Lipinski definition) is 1. The molecule has 1 unspecified atom stereocenters. The number of aliphatic carboxylic acids is 1. The van der Waals surface area contributed by atoms with Crippen LogP contribution in [0.5, 0.6) is 0 Å². The van der Waals surface area contributed by atoms with E-state index in [2.05, 4.69) is 38.1 Å². The molecular weight excluding hydrogens is 476 g/mol. The summed E-state index contributed by atoms with van der Waals surface area (Å²) in [5.74, 6) is -0.793. The number of aryl methyl sites for hydroxylation is 1. The molecule has 2 saturated carbocycles. The molecule has 36 heavy (non-hydrogen) atoms. The maximum atomic E-state index is 14.0. The van der Waals surface area contributed by atoms with Gasteiger partial charge in [0.05, 0.1) is 5.75 Å². The van der Waals surface area contributed by atoms with Gasteiger partial charge in [0.2, 0.25) is 15.9 Å². The largest absolute Gasteiger partial charge is 0.480 e. The second-order valence-electron chi connectivity index (χ2n) is 12.7. The van der Waals surface area contributed by atoms with Gasteiger partial charge in [0.1, 0.15) is 6.04 Å². The third-order valence-corrected chi connectivity index (χ3v) is 13.3. The fourth-order valence-corrected chi connectivity index (χ4v) is 11.3. The molecule has 5 aliphatic rings. The highest BCUT2D eigenvalue weighted by molar-refractivity contribution is 7.89. The average Bonchev–Trinajstić information content (AvgIpc) is 3.51. The predicted octanol–water partition coefficient (Wildman–Crippen LogP) is 3.57. The number of carboxylic acids is 1. The second-order valence-corrected chi connectivity index (χ2v) is 14.6. The van der Waals surface area contributed by atoms with Crippen molar-refractivity contribution in [1.82, 2.24) is 9.21 Å². The molecule has 1 aromatic rings. The summed E-state index contributed by atoms with van der Waals surface area (Å²) in [6.07, 6.45) is 6.78. The van der Waals surface area contributed by atoms with Gasteiger partial charge in [-0.2, -0.15) is 0 Å². The highest BCUT2D eigenvalue weighted by atomic mass is 32.2. The number of likely N-dealkylation sites (tertiary alicyclic amines) is 1. The van der Waals surface area contributed by atoms with Crippen LogP contribution in [0.25, 0.3) is 0 Å². The average molecular weight is 515 g/mol. The van der Waals surface area contributed by atoms with Crippen LogP contribution in [0.15, 0.2) is 24.3 Å². The second kappa shape index (κ2) is 8.03. The molecule has 2 bridgehead atoms. The SMILES string of the molecule is CC1(C)[C@@H]2CC[C@@]1(CS(=O)(=O)N1CCC3(CCc4ccccc43)CC1)[C@@H](N1C(=O)CCC1C(=O)O)C2. The molecule has 4 fully saturated rings. The molecule has 1 amide bonds. The minimum Gasteiger partial charge on any atom is -0.480 e. The van der Waals surface area contributed by atoms with Crippen molar-refractivity contribution in [3.63, 3.8) is 0 Å². The number of benzene rings is 1. The van der Waals surface area contributed by atoms with Gasteiger partial charge in [-0.3, -0.25) is 4.79 Å². The minimum absolute atomic E-state index is 0.00781. The molecule has 7 nitrogen and oxygen atoms in total. The Kier molecular flexibility index (Phi) is 5.45. The molecule has 8 heteroatoms. The highest BCUT2D eigenvalue weighted by Crippen LogP contribution is 2.68. The molecule has 1 aromatic carbocycles. The summed E-state index contributed by atoms with van der Waals surface area (Å²) in [5, 5.41) is 9.83. The zero-order chi connectivity index (χ0) is 25.5. The molecule has 0 radical (unpaired) electrons. The lowest BCUT2D eigenvalue weighted by molar-refractivity contribution is -0.150. The van der Waals surface area contributed by atoms with Gasteiger partial charge in [-0.05, 0) is 79.2 Å². The third-order valence-electron chi connectivity index (χ3n) is 11.2. The van der Waals surface area contributed by atoms with Crippen LogP contribution in [0.4, 0.5) is 0 Å². The molecule has 196 valence electrons. The summed E-state index contributed by atoms with van der Waals surface area (Å²) >= 11 is 0. The predicted molar refractivity (Wildman–Crippen MR) is 136 cm³/mol. The molecule has 3 aliphatic carbocycles. The lowest BCUT2D eigenvalue weighted by atomic mass is 9.68. The van der Waals surface area contributed by atoms with E-state index in [-0.39, 0.29) is 35.0 Å². The van der Waals surface area contributed by atoms with Gasteiger partial charge < -0.3 is 10.0 Å². The van der Waals surface area contributed by atoms with Crippen molar-refractivity contribution < 1.29 is 23.1 Å². The number of sulfonamides is 1. The summed E-state index contributed by atoms with van der Waals surface area (Å²) in [6, 6.07) is 7.45. The van der Waals surface area contributed by atoms with Gasteiger partial charge in [-0.25, -0.2) is 17.5 Å². The Morgan fingerprint density at radius 1 is 1.06 bits per heavy atom. The molecule has 1 N–H and O–H groups in total. The molecule has 2 saturated heterocycles. The van der Waals surface area contributed by atoms with Crippen molar-refractivity contribution in [3.05, 3.63) is 35.4 Å². The first-order chi connectivity index (χ1) is 17.0. The smallest absolute Gasteiger partial charge is 0.326 e. The monoisotopic (exact) mass is 514 g/mol. The fraction of sp³-hybridized carbons (Fsp3) is 0.714. The van der Waals surface area contributed by atoms with Crippen molar-refractivity contribution in [2.45, 2.75) is 89.1 Å². The van der Waals surface area contributed by atoms with E-state index in [0.717, 1.165) is 38.5 Å². The van der Waals surface area contributed by atoms with Crippen molar-refractivity contribution in [2.24, 2.45) is 16.7 Å². The molecule has 1 spiro atoms. The van der Waals surface area contributed by atoms with Crippen molar-refractivity contribution in [2.75, 3.05) is 18.8 Å². The number of piperidine rings is 1. The first-order valence-corrected chi connectivity index (χ1v) is 15.2. The summed E-state index contributed by atoms with van der Waals surface area (Å²) in [4.78, 5) is 26.5. The van der Waals surface area contributed by atoms with Gasteiger partial charge in [0, 0.05) is 31.0 Å². The van der Waals surface area contributed by atoms with Crippen molar-refractivity contribution in [3.8, 4) is 0 Å². The molecular formula is C28H38N2O5S. The van der Waals surface area contributed by atoms with Crippen LogP contribution in [-0.2, 0) is 31.4 Å². The fourth-order valence-electron chi connectivity index (χ4n) is 8.99. The van der Waals surface area contributed by atoms with Crippen LogP contribution >= 0.6 is 0 Å². The van der Waals surface area contributed by atoms with Gasteiger partial charge in [0.15, 0.2) is 0 Å². The van der Waals surface area contributed by atoms with Crippen LogP contribution < -0.4 is 0 Å². The van der Waals surface area contributed by atoms with E-state index in [4.69, 9.17) is 0 Å². The molecule has 2 heterocycles. The summed E-state index contributed by atoms with van der Waals surface area (Å²) in [7, 11) is -3.57. The first-order valence-electron chi connectivity index (χ1n) is 13.6. The van der Waals surface area contributed by atoms with Gasteiger partial charge in [-0.1, -0.05) is 38.1 Å². The van der Waals surface area contributed by atoms with Crippen LogP contribution in [-0.4, -0.2) is 65.5 Å². The molecule has 6 rings (SSSR count). The van der Waals surface area contributed by atoms with E-state index in [1.165, 1.54) is 11.1 Å². The number of fused-ring (bicyclic) bond motifs is 4. The van der Waals surface area contributed by atoms with E-state index < -0.39 is 27.4 Å². The normalized spacial score (nSPS) is 35.0. The Bertz CT molecular complexity index is 1200. The zero-order valence-electron chi connectivity index (χ0n) is 21.4. The van der Waals surface area contributed by atoms with Crippen LogP contribution in [0, 0.1) is 16.7 Å². The molecule has 4 atom stereocenters. The Hall–Kier alpha value is -1.93. The van der Waals surface area contributed by atoms with Crippen molar-refractivity contribution >= 4 is 21.9 Å². The van der Waals surface area contributed by atoms with E-state index in [1.54, 1.807) is 9.21 Å². The quantitative estimate of drug-likeness (QED) is 0.648. The summed E-state index contributed by atoms with van der Waals surface area (Å²) < 4.78 is 29.8. The standard InChI is InChI=1S/C28H38N2O5S/c1-26(2)20-10-12-28(26,23(17-20)30-22(25(32)33)7-8-24(30)31)18-36(34,35)29-15-13-27(14-16-29)11-9-19-5-3-4-6-21(19)27/h3-6,20,22-23H,7-18H2,1-2H3,(H,32,33)/t20-,22?,23+,28-/m1/s1. The topological polar surface area (TPSA) is 95.0 Å². The van der Waals surface area contributed by atoms with Crippen LogP contribution in [0.2, 0.25) is 0 Å². The molecule has 0 aromatic heterocycles. The number of hydrogen-bond acceptors (Lipinski definition) is 4. The molecule has 2 aliphatic heterocycles. The highest BCUT2D eigenvalue weighted by Gasteiger charge is 2.68. The number of carbonyl (C=O) groups is 2. The lowest BCUT2D eigenvalue weighted by Gasteiger charge is -2.48. The van der Waals surface area contributed by atoms with Gasteiger partial charge >= 0.3 is 5.97 Å². The number of carbonyl (C=O) groups excluding carboxylic acids is 1. The third kappa shape index (κ3) is 3.29. The maximum absolute atomic E-state index is 14.0. The van der Waals surface area contributed by atoms with E-state index in [9.17, 15) is 23.1 Å². The van der Waals surface area contributed by atoms with Crippen LogP contribution in [0.1, 0.15) is 76.3 Å². The van der Waals surface area contributed by atoms with Gasteiger partial charge in [0.25, 0.3) is 0 Å². The van der Waals surface area contributed by atoms with Crippen LogP contribution in [0.3, 0.4) is 0 Å². The maximum Gasteiger partial charge on any atom is 0.326 e. The summed E-state index contributed by atoms with van der Waals surface area (Å²) in [6.45, 7) is 5.36. The zero-order valence-corrected chi connectivity index (χ0v) is 22.2. The lowest BCUT2D eigenvalue weighted by Crippen LogP contribution is -2.58. The van der Waals surface area contributed by atoms with E-state index in [1.807, 2.05) is 0 Å². The number of nitrogens with zero attached hydrogens (tertiary/aromatic N) is 2. The Morgan fingerprint density at radius 2 is 1.78 bits per heavy atom. The first kappa shape index (κ1) is 24.4. The summed E-state index contributed by atoms with van der Waals surface area (Å²) in [5.41, 5.74) is 2.02. The van der Waals surface area contributed by atoms with E-state index in [0.29, 0.717) is 31.8 Å². The Balaban J connectivity index is 1.26. The number of rotatable bonds is 5. The Morgan fingerprint density at radius 3 is 2.47 bits per heavy atom. The van der Waals surface area contributed by atoms with Crippen molar-refractivity contribution in [1.29, 1.82) is 0 Å². The number of carboxylic acid groups (broad SMARTS) is 1.